The Morgan fingerprint density at radius 1 is 1.31 bits per heavy atom. The molecule has 2 N–H and O–H groups in total. The highest BCUT2D eigenvalue weighted by molar-refractivity contribution is 5.68. The molecule has 3 rings (SSSR count). The summed E-state index contributed by atoms with van der Waals surface area (Å²) in [6, 6.07) is 6.73. The maximum absolute atomic E-state index is 13.6. The Morgan fingerprint density at radius 2 is 2.09 bits per heavy atom. The van der Waals surface area contributed by atoms with Crippen molar-refractivity contribution in [1.82, 2.24) is 0 Å². The molecule has 5 atom stereocenters. The fourth-order valence-corrected chi connectivity index (χ4v) is 5.18. The Morgan fingerprint density at radius 3 is 2.81 bits per heavy atom. The summed E-state index contributed by atoms with van der Waals surface area (Å²) < 4.78 is 24.8. The van der Waals surface area contributed by atoms with E-state index in [1.54, 1.807) is 0 Å². The van der Waals surface area contributed by atoms with E-state index in [-0.39, 0.29) is 42.4 Å². The molecule has 1 aliphatic carbocycles. The van der Waals surface area contributed by atoms with E-state index in [0.717, 1.165) is 44.1 Å². The lowest BCUT2D eigenvalue weighted by Crippen LogP contribution is -2.39. The molecule has 0 amide bonds. The number of rotatable bonds is 13. The average Bonchev–Trinajstić information content (AvgIpc) is 3.33. The van der Waals surface area contributed by atoms with Gasteiger partial charge in [0.1, 0.15) is 12.4 Å². The predicted molar refractivity (Wildman–Crippen MR) is 121 cm³/mol. The number of aliphatic hydroxyl groups is 1. The molecule has 2 bridgehead atoms. The zero-order valence-electron chi connectivity index (χ0n) is 18.8. The molecule has 176 valence electrons. The Hall–Kier alpha value is -2.02. The number of allylic oxidation sites excluding steroid dienone is 1. The molecule has 5 nitrogen and oxygen atoms in total. The van der Waals surface area contributed by atoms with Crippen LogP contribution in [-0.4, -0.2) is 48.2 Å². The van der Waals surface area contributed by atoms with Crippen molar-refractivity contribution >= 4 is 5.97 Å². The second kappa shape index (κ2) is 11.7. The molecular formula is C26H35FO5. The molecule has 2 fully saturated rings. The minimum atomic E-state index is -0.985. The number of hydrogen-bond acceptors (Lipinski definition) is 4. The number of unbranched alkanes of at least 4 members (excludes halogenated alkanes) is 2. The van der Waals surface area contributed by atoms with Crippen LogP contribution in [0.3, 0.4) is 0 Å². The lowest BCUT2D eigenvalue weighted by molar-refractivity contribution is -0.141. The van der Waals surface area contributed by atoms with Gasteiger partial charge in [-0.2, -0.15) is 0 Å². The Kier molecular flexibility index (Phi) is 9.02. The van der Waals surface area contributed by atoms with Crippen LogP contribution in [-0.2, 0) is 19.7 Å². The van der Waals surface area contributed by atoms with Gasteiger partial charge >= 0.3 is 5.97 Å². The van der Waals surface area contributed by atoms with Crippen LogP contribution in [0.15, 0.2) is 48.6 Å². The number of halogens is 1. The number of hydrogen-bond donors (Lipinski definition) is 2. The van der Waals surface area contributed by atoms with E-state index in [0.29, 0.717) is 6.61 Å². The lowest BCUT2D eigenvalue weighted by atomic mass is 9.69. The first-order valence-corrected chi connectivity index (χ1v) is 11.6. The monoisotopic (exact) mass is 446 g/mol. The molecule has 1 aromatic carbocycles. The van der Waals surface area contributed by atoms with Crippen molar-refractivity contribution in [2.24, 2.45) is 11.8 Å². The van der Waals surface area contributed by atoms with Crippen molar-refractivity contribution in [3.8, 4) is 0 Å². The van der Waals surface area contributed by atoms with Crippen LogP contribution in [0.4, 0.5) is 4.39 Å². The summed E-state index contributed by atoms with van der Waals surface area (Å²) >= 11 is 0. The third kappa shape index (κ3) is 6.06. The molecule has 1 saturated carbocycles. The number of carbonyl (C=O) groups is 1. The average molecular weight is 447 g/mol. The Balaban J connectivity index is 1.74. The molecule has 2 aliphatic rings. The standard InChI is InChI=1S/C26H35FO5/c1-2-3-4-7-21(28)13-14-22-23(8-5-6-15-31-17-25(29)30)26(16-24(22)32-18-26)19-9-11-20(27)12-10-19/h5-6,9-14,21-24,28H,2-4,7-8,15-18H2,1H3,(H,29,30)/b6-5+,14-13+/t21-,22+,23+,24+,26+/m1/s1. The van der Waals surface area contributed by atoms with E-state index in [4.69, 9.17) is 14.6 Å². The highest BCUT2D eigenvalue weighted by atomic mass is 19.1. The highest BCUT2D eigenvalue weighted by Crippen LogP contribution is 2.57. The van der Waals surface area contributed by atoms with Gasteiger partial charge in [0.25, 0.3) is 0 Å². The van der Waals surface area contributed by atoms with Crippen LogP contribution in [0.25, 0.3) is 0 Å². The van der Waals surface area contributed by atoms with Gasteiger partial charge in [-0.15, -0.1) is 0 Å². The highest BCUT2D eigenvalue weighted by Gasteiger charge is 2.58. The smallest absolute Gasteiger partial charge is 0.329 e. The molecule has 32 heavy (non-hydrogen) atoms. The number of fused-ring (bicyclic) bond motifs is 2. The largest absolute Gasteiger partial charge is 0.480 e. The van der Waals surface area contributed by atoms with Gasteiger partial charge in [-0.05, 0) is 42.9 Å². The van der Waals surface area contributed by atoms with Gasteiger partial charge in [0.2, 0.25) is 0 Å². The molecule has 0 aromatic heterocycles. The maximum Gasteiger partial charge on any atom is 0.329 e. The molecule has 0 spiro atoms. The van der Waals surface area contributed by atoms with Gasteiger partial charge in [-0.3, -0.25) is 0 Å². The van der Waals surface area contributed by atoms with Crippen molar-refractivity contribution in [1.29, 1.82) is 0 Å². The van der Waals surface area contributed by atoms with Crippen molar-refractivity contribution < 1.29 is 28.9 Å². The van der Waals surface area contributed by atoms with Crippen LogP contribution in [0.1, 0.15) is 51.0 Å². The third-order valence-electron chi connectivity index (χ3n) is 6.80. The molecule has 1 aromatic rings. The first kappa shape index (κ1) is 24.6. The van der Waals surface area contributed by atoms with Crippen molar-refractivity contribution in [2.45, 2.75) is 63.1 Å². The summed E-state index contributed by atoms with van der Waals surface area (Å²) in [4.78, 5) is 10.6. The number of aliphatic hydroxyl groups excluding tert-OH is 1. The van der Waals surface area contributed by atoms with E-state index in [1.807, 2.05) is 30.4 Å². The normalized spacial score (nSPS) is 28.2. The minimum absolute atomic E-state index is 0.0702. The van der Waals surface area contributed by atoms with Gasteiger partial charge in [-0.25, -0.2) is 9.18 Å². The molecular weight excluding hydrogens is 411 g/mol. The number of carboxylic acid groups (broad SMARTS) is 1. The second-order valence-electron chi connectivity index (χ2n) is 8.96. The van der Waals surface area contributed by atoms with E-state index >= 15 is 0 Å². The second-order valence-corrected chi connectivity index (χ2v) is 8.96. The van der Waals surface area contributed by atoms with Crippen molar-refractivity contribution in [3.05, 3.63) is 60.0 Å². The summed E-state index contributed by atoms with van der Waals surface area (Å²) in [7, 11) is 0. The number of carboxylic acids is 1. The van der Waals surface area contributed by atoms with Gasteiger partial charge in [0.15, 0.2) is 0 Å². The first-order chi connectivity index (χ1) is 15.5. The summed E-state index contributed by atoms with van der Waals surface area (Å²) in [6.45, 7) is 2.68. The van der Waals surface area contributed by atoms with Gasteiger partial charge in [0.05, 0.1) is 25.4 Å². The van der Waals surface area contributed by atoms with Gasteiger partial charge in [0, 0.05) is 11.3 Å². The number of aliphatic carboxylic acids is 1. The fourth-order valence-electron chi connectivity index (χ4n) is 5.18. The Bertz CT molecular complexity index is 790. The Labute approximate surface area is 189 Å². The summed E-state index contributed by atoms with van der Waals surface area (Å²) in [5, 5.41) is 19.1. The van der Waals surface area contributed by atoms with Crippen LogP contribution < -0.4 is 0 Å². The number of benzene rings is 1. The zero-order valence-corrected chi connectivity index (χ0v) is 18.8. The first-order valence-electron chi connectivity index (χ1n) is 11.6. The number of ether oxygens (including phenoxy) is 2. The molecule has 1 heterocycles. The fraction of sp³-hybridized carbons (Fsp3) is 0.577. The van der Waals surface area contributed by atoms with Crippen LogP contribution >= 0.6 is 0 Å². The summed E-state index contributed by atoms with van der Waals surface area (Å²) in [6.07, 6.45) is 13.2. The van der Waals surface area contributed by atoms with E-state index in [9.17, 15) is 14.3 Å². The quantitative estimate of drug-likeness (QED) is 0.341. The predicted octanol–water partition coefficient (Wildman–Crippen LogP) is 4.64. The zero-order chi connectivity index (χ0) is 23.0. The van der Waals surface area contributed by atoms with Crippen LogP contribution in [0, 0.1) is 17.7 Å². The van der Waals surface area contributed by atoms with Crippen LogP contribution in [0.5, 0.6) is 0 Å². The lowest BCUT2D eigenvalue weighted by Gasteiger charge is -2.38. The molecule has 1 saturated heterocycles. The molecule has 0 radical (unpaired) electrons. The third-order valence-corrected chi connectivity index (χ3v) is 6.80. The maximum atomic E-state index is 13.6. The summed E-state index contributed by atoms with van der Waals surface area (Å²) in [5.74, 6) is -0.848. The van der Waals surface area contributed by atoms with E-state index < -0.39 is 12.1 Å². The minimum Gasteiger partial charge on any atom is -0.480 e. The van der Waals surface area contributed by atoms with Crippen molar-refractivity contribution in [2.75, 3.05) is 19.8 Å². The topological polar surface area (TPSA) is 76.0 Å². The van der Waals surface area contributed by atoms with E-state index in [2.05, 4.69) is 13.0 Å². The van der Waals surface area contributed by atoms with Crippen molar-refractivity contribution in [3.63, 3.8) is 0 Å². The summed E-state index contributed by atoms with van der Waals surface area (Å²) in [5.41, 5.74) is 0.883. The molecule has 0 unspecified atom stereocenters. The molecule has 6 heteroatoms. The molecule has 1 aliphatic heterocycles. The van der Waals surface area contributed by atoms with Gasteiger partial charge < -0.3 is 19.7 Å². The van der Waals surface area contributed by atoms with Gasteiger partial charge in [-0.1, -0.05) is 62.6 Å². The van der Waals surface area contributed by atoms with E-state index in [1.165, 1.54) is 12.1 Å². The van der Waals surface area contributed by atoms with Crippen LogP contribution in [0.2, 0.25) is 0 Å². The SMILES string of the molecule is CCCCC[C@@H](O)/C=C/[C@@H]1[C@@H]2C[C@@](c3ccc(F)cc3)(CO2)[C@H]1C/C=C/COCC(=O)O.